The highest BCUT2D eigenvalue weighted by atomic mass is 16.5. The van der Waals surface area contributed by atoms with Crippen LogP contribution in [0.1, 0.15) is 33.6 Å². The molecule has 10 nitrogen and oxygen atoms in total. The summed E-state index contributed by atoms with van der Waals surface area (Å²) in [5.74, 6) is 0.0374. The number of esters is 1. The van der Waals surface area contributed by atoms with Gasteiger partial charge in [0.15, 0.2) is 6.54 Å². The number of hydrazone groups is 1. The fourth-order valence-corrected chi connectivity index (χ4v) is 3.36. The maximum Gasteiger partial charge on any atom is 0.417 e. The lowest BCUT2D eigenvalue weighted by atomic mass is 10.1. The van der Waals surface area contributed by atoms with E-state index in [1.807, 2.05) is 13.8 Å². The minimum Gasteiger partial charge on any atom is -0.464 e. The monoisotopic (exact) mass is 377 g/mol. The van der Waals surface area contributed by atoms with Gasteiger partial charge >= 0.3 is 18.0 Å². The molecule has 0 spiro atoms. The standard InChI is InChI=1S/C17H25N6O4/c1-5-7-8-21-15(25)13-14(20(4)17(21)26)18-16-22(13)9-11(3)19-23(16)10-12(24)27-6-2/h13H,5-10H2,1-4H3/q+1. The molecule has 0 saturated carbocycles. The van der Waals surface area contributed by atoms with Gasteiger partial charge in [0.25, 0.3) is 5.91 Å². The molecule has 0 bridgehead atoms. The highest BCUT2D eigenvalue weighted by Gasteiger charge is 2.54. The predicted molar refractivity (Wildman–Crippen MR) is 97.6 cm³/mol. The van der Waals surface area contributed by atoms with E-state index in [1.54, 1.807) is 18.5 Å². The molecule has 0 aliphatic carbocycles. The van der Waals surface area contributed by atoms with Crippen LogP contribution in [0.4, 0.5) is 4.79 Å². The highest BCUT2D eigenvalue weighted by molar-refractivity contribution is 6.23. The number of imide groups is 1. The van der Waals surface area contributed by atoms with E-state index < -0.39 is 12.0 Å². The SMILES string of the molecule is CCCCN1C(=O)C2C(=NC3=[N+]2CC(C)=NN3CC(=O)OCC)N(C)C1=O. The largest absolute Gasteiger partial charge is 0.464 e. The lowest BCUT2D eigenvalue weighted by molar-refractivity contribution is -0.527. The van der Waals surface area contributed by atoms with Crippen molar-refractivity contribution in [3.63, 3.8) is 0 Å². The van der Waals surface area contributed by atoms with Gasteiger partial charge in [-0.1, -0.05) is 18.3 Å². The van der Waals surface area contributed by atoms with Gasteiger partial charge in [0, 0.05) is 13.6 Å². The Bertz CT molecular complexity index is 771. The number of urea groups is 1. The molecular weight excluding hydrogens is 352 g/mol. The van der Waals surface area contributed by atoms with Crippen LogP contribution < -0.4 is 0 Å². The maximum absolute atomic E-state index is 13.1. The van der Waals surface area contributed by atoms with Crippen LogP contribution in [0.5, 0.6) is 0 Å². The van der Waals surface area contributed by atoms with Crippen molar-refractivity contribution in [2.75, 3.05) is 33.3 Å². The number of likely N-dealkylation sites (N-methyl/N-ethyl adjacent to an activating group) is 1. The number of hydrogen-bond donors (Lipinski definition) is 0. The lowest BCUT2D eigenvalue weighted by Gasteiger charge is -2.34. The van der Waals surface area contributed by atoms with Gasteiger partial charge in [-0.05, 0) is 20.3 Å². The topological polar surface area (TPSA) is 97.9 Å². The van der Waals surface area contributed by atoms with Crippen LogP contribution >= 0.6 is 0 Å². The second-order valence-electron chi connectivity index (χ2n) is 6.68. The summed E-state index contributed by atoms with van der Waals surface area (Å²) in [6.07, 6.45) is 1.63. The number of unbranched alkanes of at least 4 members (excludes halogenated alkanes) is 1. The number of fused-ring (bicyclic) bond motifs is 2. The van der Waals surface area contributed by atoms with Crippen LogP contribution in [-0.4, -0.2) is 94.1 Å². The molecule has 10 heteroatoms. The Morgan fingerprint density at radius 3 is 2.74 bits per heavy atom. The predicted octanol–water partition coefficient (Wildman–Crippen LogP) is 0.0843. The number of aliphatic imine (C=N–C) groups is 1. The molecule has 3 amide bonds. The molecule has 1 saturated heterocycles. The first-order valence-corrected chi connectivity index (χ1v) is 9.17. The average Bonchev–Trinajstić information content (AvgIpc) is 3.00. The quantitative estimate of drug-likeness (QED) is 0.482. The fourth-order valence-electron chi connectivity index (χ4n) is 3.36. The molecule has 0 aromatic rings. The van der Waals surface area contributed by atoms with Crippen molar-refractivity contribution >= 4 is 35.4 Å². The Hall–Kier alpha value is -2.78. The number of carbonyl (C=O) groups is 3. The molecular formula is C17H25N6O4+. The number of amides is 3. The van der Waals surface area contributed by atoms with E-state index >= 15 is 0 Å². The number of amidine groups is 1. The number of nitrogens with zero attached hydrogens (tertiary/aromatic N) is 6. The number of carbonyl (C=O) groups excluding carboxylic acids is 3. The van der Waals surface area contributed by atoms with Crippen LogP contribution in [0, 0.1) is 0 Å². The molecule has 0 aromatic heterocycles. The van der Waals surface area contributed by atoms with Gasteiger partial charge in [0.05, 0.1) is 12.3 Å². The van der Waals surface area contributed by atoms with E-state index in [-0.39, 0.29) is 25.1 Å². The first-order valence-electron chi connectivity index (χ1n) is 9.17. The molecule has 146 valence electrons. The molecule has 0 aromatic carbocycles. The number of rotatable bonds is 6. The van der Waals surface area contributed by atoms with Crippen molar-refractivity contribution in [3.05, 3.63) is 0 Å². The van der Waals surface area contributed by atoms with E-state index in [1.165, 1.54) is 14.8 Å². The highest BCUT2D eigenvalue weighted by Crippen LogP contribution is 2.23. The molecule has 3 aliphatic rings. The van der Waals surface area contributed by atoms with Crippen molar-refractivity contribution in [1.29, 1.82) is 0 Å². The summed E-state index contributed by atoms with van der Waals surface area (Å²) < 4.78 is 6.79. The normalized spacial score (nSPS) is 21.9. The third-order valence-corrected chi connectivity index (χ3v) is 4.63. The Morgan fingerprint density at radius 2 is 2.07 bits per heavy atom. The fraction of sp³-hybridized carbons (Fsp3) is 0.647. The molecule has 1 fully saturated rings. The van der Waals surface area contributed by atoms with Crippen LogP contribution in [0.25, 0.3) is 0 Å². The van der Waals surface area contributed by atoms with Gasteiger partial charge < -0.3 is 4.74 Å². The molecule has 1 atom stereocenters. The van der Waals surface area contributed by atoms with E-state index in [4.69, 9.17) is 4.74 Å². The smallest absolute Gasteiger partial charge is 0.417 e. The Kier molecular flexibility index (Phi) is 5.24. The third-order valence-electron chi connectivity index (χ3n) is 4.63. The zero-order chi connectivity index (χ0) is 19.7. The zero-order valence-corrected chi connectivity index (χ0v) is 16.1. The summed E-state index contributed by atoms with van der Waals surface area (Å²) in [5.41, 5.74) is 0.743. The summed E-state index contributed by atoms with van der Waals surface area (Å²) in [5, 5.41) is 5.81. The van der Waals surface area contributed by atoms with Crippen LogP contribution in [0.3, 0.4) is 0 Å². The van der Waals surface area contributed by atoms with Gasteiger partial charge in [0.2, 0.25) is 11.9 Å². The maximum atomic E-state index is 13.1. The van der Waals surface area contributed by atoms with Crippen LogP contribution in [-0.2, 0) is 14.3 Å². The number of hydrogen-bond acceptors (Lipinski definition) is 7. The van der Waals surface area contributed by atoms with Gasteiger partial charge in [-0.15, -0.1) is 10.1 Å². The molecule has 3 heterocycles. The van der Waals surface area contributed by atoms with Gasteiger partial charge in [-0.3, -0.25) is 14.6 Å². The minimum absolute atomic E-state index is 0.105. The van der Waals surface area contributed by atoms with Crippen molar-refractivity contribution in [2.45, 2.75) is 39.7 Å². The Labute approximate surface area is 157 Å². The second kappa shape index (κ2) is 7.45. The number of ether oxygens (including phenoxy) is 1. The summed E-state index contributed by atoms with van der Waals surface area (Å²) in [6.45, 7) is 6.52. The Morgan fingerprint density at radius 1 is 1.33 bits per heavy atom. The summed E-state index contributed by atoms with van der Waals surface area (Å²) >= 11 is 0. The van der Waals surface area contributed by atoms with E-state index in [0.29, 0.717) is 24.9 Å². The first kappa shape index (κ1) is 19.0. The van der Waals surface area contributed by atoms with Crippen molar-refractivity contribution < 1.29 is 23.7 Å². The number of guanidine groups is 1. The van der Waals surface area contributed by atoms with E-state index in [0.717, 1.165) is 18.6 Å². The summed E-state index contributed by atoms with van der Waals surface area (Å²) in [4.78, 5) is 44.8. The van der Waals surface area contributed by atoms with Crippen LogP contribution in [0.15, 0.2) is 10.1 Å². The van der Waals surface area contributed by atoms with E-state index in [9.17, 15) is 14.4 Å². The molecule has 0 N–H and O–H groups in total. The zero-order valence-electron chi connectivity index (χ0n) is 16.1. The summed E-state index contributed by atoms with van der Waals surface area (Å²) in [6, 6.07) is -1.06. The van der Waals surface area contributed by atoms with Crippen molar-refractivity contribution in [2.24, 2.45) is 10.1 Å². The third kappa shape index (κ3) is 3.31. The van der Waals surface area contributed by atoms with Gasteiger partial charge in [0.1, 0.15) is 6.54 Å². The Balaban J connectivity index is 1.93. The minimum atomic E-state index is -0.685. The first-order chi connectivity index (χ1) is 12.9. The average molecular weight is 377 g/mol. The molecule has 27 heavy (non-hydrogen) atoms. The van der Waals surface area contributed by atoms with E-state index in [2.05, 4.69) is 10.1 Å². The molecule has 3 rings (SSSR count). The van der Waals surface area contributed by atoms with Crippen molar-refractivity contribution in [1.82, 2.24) is 14.8 Å². The molecule has 3 aliphatic heterocycles. The van der Waals surface area contributed by atoms with Crippen LogP contribution in [0.2, 0.25) is 0 Å². The van der Waals surface area contributed by atoms with Gasteiger partial charge in [-0.2, -0.15) is 0 Å². The molecule has 1 unspecified atom stereocenters. The molecule has 0 radical (unpaired) electrons. The second-order valence-corrected chi connectivity index (χ2v) is 6.68. The summed E-state index contributed by atoms with van der Waals surface area (Å²) in [7, 11) is 1.61. The lowest BCUT2D eigenvalue weighted by Crippen LogP contribution is -2.63. The van der Waals surface area contributed by atoms with Crippen molar-refractivity contribution in [3.8, 4) is 0 Å². The van der Waals surface area contributed by atoms with Gasteiger partial charge in [-0.25, -0.2) is 14.2 Å².